The zero-order valence-corrected chi connectivity index (χ0v) is 10.7. The minimum atomic E-state index is -0.213. The molecular weight excluding hydrogens is 216 g/mol. The van der Waals surface area contributed by atoms with E-state index in [0.717, 1.165) is 24.0 Å². The summed E-state index contributed by atoms with van der Waals surface area (Å²) in [5.74, 6) is -0.213. The van der Waals surface area contributed by atoms with Gasteiger partial charge in [0, 0.05) is 7.11 Å². The van der Waals surface area contributed by atoms with E-state index >= 15 is 0 Å². The van der Waals surface area contributed by atoms with E-state index < -0.39 is 0 Å². The van der Waals surface area contributed by atoms with E-state index in [4.69, 9.17) is 4.74 Å². The van der Waals surface area contributed by atoms with E-state index in [1.807, 2.05) is 24.3 Å². The van der Waals surface area contributed by atoms with Crippen LogP contribution in [0.2, 0.25) is 0 Å². The molecule has 0 aliphatic rings. The molecule has 0 fully saturated rings. The molecule has 0 heterocycles. The standard InChI is InChI=1S/C14H20O3/c1-4-5-13(16-2)12-8-6-11(7-9-12)10-14(15)17-3/h6-9,13H,4-5,10H2,1-3H3/t13-/m0/s1. The molecule has 0 N–H and O–H groups in total. The summed E-state index contributed by atoms with van der Waals surface area (Å²) in [5, 5.41) is 0. The van der Waals surface area contributed by atoms with Gasteiger partial charge in [0.25, 0.3) is 0 Å². The van der Waals surface area contributed by atoms with Crippen LogP contribution in [0.1, 0.15) is 37.0 Å². The number of esters is 1. The Hall–Kier alpha value is -1.35. The molecule has 0 spiro atoms. The monoisotopic (exact) mass is 236 g/mol. The fraction of sp³-hybridized carbons (Fsp3) is 0.500. The third-order valence-electron chi connectivity index (χ3n) is 2.76. The third kappa shape index (κ3) is 4.19. The van der Waals surface area contributed by atoms with Gasteiger partial charge < -0.3 is 9.47 Å². The Morgan fingerprint density at radius 1 is 1.24 bits per heavy atom. The largest absolute Gasteiger partial charge is 0.469 e. The summed E-state index contributed by atoms with van der Waals surface area (Å²) in [6.07, 6.45) is 2.56. The van der Waals surface area contributed by atoms with Gasteiger partial charge in [0.1, 0.15) is 0 Å². The van der Waals surface area contributed by atoms with Gasteiger partial charge in [-0.1, -0.05) is 37.6 Å². The van der Waals surface area contributed by atoms with Crippen LogP contribution in [0.5, 0.6) is 0 Å². The summed E-state index contributed by atoms with van der Waals surface area (Å²) in [5.41, 5.74) is 2.12. The molecule has 0 aliphatic carbocycles. The van der Waals surface area contributed by atoms with Crippen LogP contribution in [0.4, 0.5) is 0 Å². The summed E-state index contributed by atoms with van der Waals surface area (Å²) < 4.78 is 10.1. The maximum Gasteiger partial charge on any atom is 0.309 e. The molecule has 1 aromatic carbocycles. The van der Waals surface area contributed by atoms with Gasteiger partial charge in [-0.2, -0.15) is 0 Å². The van der Waals surface area contributed by atoms with Crippen molar-refractivity contribution in [2.24, 2.45) is 0 Å². The highest BCUT2D eigenvalue weighted by Gasteiger charge is 2.09. The Morgan fingerprint density at radius 3 is 2.35 bits per heavy atom. The first-order valence-electron chi connectivity index (χ1n) is 5.89. The summed E-state index contributed by atoms with van der Waals surface area (Å²) in [7, 11) is 3.13. The molecule has 1 rings (SSSR count). The van der Waals surface area contributed by atoms with Crippen LogP contribution in [0, 0.1) is 0 Å². The highest BCUT2D eigenvalue weighted by Crippen LogP contribution is 2.22. The number of ether oxygens (including phenoxy) is 2. The van der Waals surface area contributed by atoms with Crippen LogP contribution < -0.4 is 0 Å². The molecule has 3 nitrogen and oxygen atoms in total. The predicted molar refractivity (Wildman–Crippen MR) is 66.8 cm³/mol. The molecule has 0 aromatic heterocycles. The molecule has 94 valence electrons. The lowest BCUT2D eigenvalue weighted by atomic mass is 10.0. The van der Waals surface area contributed by atoms with Gasteiger partial charge in [-0.3, -0.25) is 4.79 Å². The van der Waals surface area contributed by atoms with Crippen LogP contribution in [-0.2, 0) is 20.7 Å². The number of hydrogen-bond acceptors (Lipinski definition) is 3. The van der Waals surface area contributed by atoms with Gasteiger partial charge in [0.05, 0.1) is 19.6 Å². The molecule has 3 heteroatoms. The van der Waals surface area contributed by atoms with Gasteiger partial charge in [-0.25, -0.2) is 0 Å². The van der Waals surface area contributed by atoms with Crippen LogP contribution >= 0.6 is 0 Å². The Balaban J connectivity index is 2.69. The number of rotatable bonds is 6. The molecule has 0 unspecified atom stereocenters. The second-order valence-electron chi connectivity index (χ2n) is 4.01. The average molecular weight is 236 g/mol. The first-order valence-corrected chi connectivity index (χ1v) is 5.89. The molecule has 0 bridgehead atoms. The molecule has 0 saturated heterocycles. The van der Waals surface area contributed by atoms with Gasteiger partial charge >= 0.3 is 5.97 Å². The number of methoxy groups -OCH3 is 2. The second kappa shape index (κ2) is 7.07. The van der Waals surface area contributed by atoms with Crippen molar-refractivity contribution >= 4 is 5.97 Å². The lowest BCUT2D eigenvalue weighted by molar-refractivity contribution is -0.139. The van der Waals surface area contributed by atoms with E-state index in [1.165, 1.54) is 7.11 Å². The van der Waals surface area contributed by atoms with Crippen molar-refractivity contribution in [1.82, 2.24) is 0 Å². The Morgan fingerprint density at radius 2 is 1.88 bits per heavy atom. The lowest BCUT2D eigenvalue weighted by Crippen LogP contribution is -2.05. The van der Waals surface area contributed by atoms with Gasteiger partial charge in [-0.15, -0.1) is 0 Å². The summed E-state index contributed by atoms with van der Waals surface area (Å²) in [6, 6.07) is 7.94. The van der Waals surface area contributed by atoms with Crippen molar-refractivity contribution in [3.05, 3.63) is 35.4 Å². The zero-order chi connectivity index (χ0) is 12.7. The molecular formula is C14H20O3. The highest BCUT2D eigenvalue weighted by atomic mass is 16.5. The topological polar surface area (TPSA) is 35.5 Å². The highest BCUT2D eigenvalue weighted by molar-refractivity contribution is 5.72. The van der Waals surface area contributed by atoms with E-state index in [0.29, 0.717) is 6.42 Å². The van der Waals surface area contributed by atoms with Crippen molar-refractivity contribution in [2.45, 2.75) is 32.3 Å². The molecule has 0 saturated carbocycles. The first kappa shape index (κ1) is 13.7. The first-order chi connectivity index (χ1) is 8.21. The molecule has 17 heavy (non-hydrogen) atoms. The molecule has 0 aliphatic heterocycles. The van der Waals surface area contributed by atoms with E-state index in [9.17, 15) is 4.79 Å². The summed E-state index contributed by atoms with van der Waals surface area (Å²) in [4.78, 5) is 11.1. The van der Waals surface area contributed by atoms with E-state index in [1.54, 1.807) is 7.11 Å². The molecule has 1 atom stereocenters. The lowest BCUT2D eigenvalue weighted by Gasteiger charge is -2.15. The zero-order valence-electron chi connectivity index (χ0n) is 10.7. The SMILES string of the molecule is CCC[C@H](OC)c1ccc(CC(=O)OC)cc1. The van der Waals surface area contributed by atoms with Crippen LogP contribution in [0.3, 0.4) is 0 Å². The van der Waals surface area contributed by atoms with Crippen molar-refractivity contribution in [3.63, 3.8) is 0 Å². The van der Waals surface area contributed by atoms with Crippen molar-refractivity contribution in [1.29, 1.82) is 0 Å². The van der Waals surface area contributed by atoms with Crippen molar-refractivity contribution < 1.29 is 14.3 Å². The molecule has 0 radical (unpaired) electrons. The Bertz CT molecular complexity index is 343. The minimum Gasteiger partial charge on any atom is -0.469 e. The maximum absolute atomic E-state index is 11.1. The van der Waals surface area contributed by atoms with Crippen LogP contribution in [0.25, 0.3) is 0 Å². The number of carbonyl (C=O) groups is 1. The molecule has 0 amide bonds. The van der Waals surface area contributed by atoms with E-state index in [2.05, 4.69) is 11.7 Å². The van der Waals surface area contributed by atoms with Crippen molar-refractivity contribution in [2.75, 3.05) is 14.2 Å². The van der Waals surface area contributed by atoms with Gasteiger partial charge in [-0.05, 0) is 17.5 Å². The van der Waals surface area contributed by atoms with Crippen molar-refractivity contribution in [3.8, 4) is 0 Å². The molecule has 1 aromatic rings. The van der Waals surface area contributed by atoms with E-state index in [-0.39, 0.29) is 12.1 Å². The fourth-order valence-electron chi connectivity index (χ4n) is 1.77. The number of carbonyl (C=O) groups excluding carboxylic acids is 1. The average Bonchev–Trinajstić information content (AvgIpc) is 2.37. The quantitative estimate of drug-likeness (QED) is 0.712. The third-order valence-corrected chi connectivity index (χ3v) is 2.76. The predicted octanol–water partition coefficient (Wildman–Crippen LogP) is 2.89. The normalized spacial score (nSPS) is 12.2. The second-order valence-corrected chi connectivity index (χ2v) is 4.01. The Kier molecular flexibility index (Phi) is 5.70. The van der Waals surface area contributed by atoms with Crippen LogP contribution in [0.15, 0.2) is 24.3 Å². The minimum absolute atomic E-state index is 0.146. The maximum atomic E-state index is 11.1. The summed E-state index contributed by atoms with van der Waals surface area (Å²) in [6.45, 7) is 2.14. The Labute approximate surface area is 103 Å². The van der Waals surface area contributed by atoms with Crippen LogP contribution in [-0.4, -0.2) is 20.2 Å². The number of benzene rings is 1. The summed E-state index contributed by atoms with van der Waals surface area (Å²) >= 11 is 0. The fourth-order valence-corrected chi connectivity index (χ4v) is 1.77. The smallest absolute Gasteiger partial charge is 0.309 e. The van der Waals surface area contributed by atoms with Gasteiger partial charge in [0.15, 0.2) is 0 Å². The number of hydrogen-bond donors (Lipinski definition) is 0. The van der Waals surface area contributed by atoms with Gasteiger partial charge in [0.2, 0.25) is 0 Å².